The number of aryl methyl sites for hydroxylation is 1. The van der Waals surface area contributed by atoms with E-state index in [0.717, 1.165) is 30.2 Å². The quantitative estimate of drug-likeness (QED) is 0.728. The Morgan fingerprint density at radius 2 is 2.35 bits per heavy atom. The maximum Gasteiger partial charge on any atom is 0.275 e. The van der Waals surface area contributed by atoms with E-state index in [1.54, 1.807) is 6.07 Å². The van der Waals surface area contributed by atoms with Gasteiger partial charge < -0.3 is 0 Å². The number of hydrogen-bond donors (Lipinski definition) is 0. The zero-order chi connectivity index (χ0) is 15.8. The maximum absolute atomic E-state index is 12.3. The summed E-state index contributed by atoms with van der Waals surface area (Å²) in [5.41, 5.74) is 0.776. The normalized spacial score (nSPS) is 18.9. The van der Waals surface area contributed by atoms with Gasteiger partial charge in [0, 0.05) is 23.5 Å². The summed E-state index contributed by atoms with van der Waals surface area (Å²) in [6.45, 7) is 3.83. The fourth-order valence-corrected chi connectivity index (χ4v) is 4.90. The molecule has 7 heteroatoms. The van der Waals surface area contributed by atoms with Crippen molar-refractivity contribution in [2.24, 2.45) is 0 Å². The van der Waals surface area contributed by atoms with Gasteiger partial charge in [-0.25, -0.2) is 4.98 Å². The van der Waals surface area contributed by atoms with Crippen LogP contribution in [0.25, 0.3) is 4.96 Å². The van der Waals surface area contributed by atoms with Crippen LogP contribution in [0.15, 0.2) is 28.4 Å². The summed E-state index contributed by atoms with van der Waals surface area (Å²) in [6, 6.07) is 6.41. The molecule has 0 saturated carbocycles. The van der Waals surface area contributed by atoms with Crippen LogP contribution in [0.4, 0.5) is 0 Å². The Bertz CT molecular complexity index is 868. The average Bonchev–Trinajstić information content (AvgIpc) is 3.26. The molecule has 0 N–H and O–H groups in total. The van der Waals surface area contributed by atoms with Gasteiger partial charge in [0.15, 0.2) is 0 Å². The number of thiophene rings is 1. The Hall–Kier alpha value is -1.57. The molecule has 0 aliphatic carbocycles. The largest absolute Gasteiger partial charge is 0.290 e. The molecular weight excluding hydrogens is 328 g/mol. The molecule has 3 aromatic rings. The highest BCUT2D eigenvalue weighted by Gasteiger charge is 2.27. The molecule has 23 heavy (non-hydrogen) atoms. The van der Waals surface area contributed by atoms with E-state index in [1.807, 2.05) is 18.3 Å². The number of rotatable bonds is 4. The van der Waals surface area contributed by atoms with Crippen molar-refractivity contribution in [3.63, 3.8) is 0 Å². The third kappa shape index (κ3) is 2.84. The molecule has 1 aliphatic heterocycles. The maximum atomic E-state index is 12.3. The number of hydrogen-bond acceptors (Lipinski definition) is 6. The van der Waals surface area contributed by atoms with Crippen LogP contribution >= 0.6 is 22.7 Å². The fourth-order valence-electron chi connectivity index (χ4n) is 3.15. The van der Waals surface area contributed by atoms with Crippen molar-refractivity contribution in [1.29, 1.82) is 0 Å². The monoisotopic (exact) mass is 346 g/mol. The van der Waals surface area contributed by atoms with Crippen LogP contribution in [0.5, 0.6) is 0 Å². The van der Waals surface area contributed by atoms with E-state index in [2.05, 4.69) is 32.5 Å². The zero-order valence-electron chi connectivity index (χ0n) is 12.9. The highest BCUT2D eigenvalue weighted by molar-refractivity contribution is 7.16. The highest BCUT2D eigenvalue weighted by atomic mass is 32.1. The average molecular weight is 346 g/mol. The van der Waals surface area contributed by atoms with Gasteiger partial charge in [-0.1, -0.05) is 24.3 Å². The zero-order valence-corrected chi connectivity index (χ0v) is 14.6. The molecule has 3 aromatic heterocycles. The van der Waals surface area contributed by atoms with Crippen LogP contribution in [0.3, 0.4) is 0 Å². The SMILES string of the molecule is CCc1nn2c(=O)cc(CN3CCCC3c3cccs3)nc2s1. The lowest BCUT2D eigenvalue weighted by Crippen LogP contribution is -2.24. The van der Waals surface area contributed by atoms with E-state index in [4.69, 9.17) is 0 Å². The number of aromatic nitrogens is 3. The third-order valence-electron chi connectivity index (χ3n) is 4.24. The van der Waals surface area contributed by atoms with Crippen LogP contribution in [-0.4, -0.2) is 26.0 Å². The van der Waals surface area contributed by atoms with Crippen LogP contribution in [0.1, 0.15) is 41.4 Å². The first kappa shape index (κ1) is 15.0. The molecule has 1 aliphatic rings. The van der Waals surface area contributed by atoms with E-state index < -0.39 is 0 Å². The number of fused-ring (bicyclic) bond motifs is 1. The topological polar surface area (TPSA) is 50.5 Å². The molecule has 0 spiro atoms. The molecule has 1 unspecified atom stereocenters. The molecule has 4 rings (SSSR count). The Morgan fingerprint density at radius 1 is 1.43 bits per heavy atom. The molecule has 1 saturated heterocycles. The van der Waals surface area contributed by atoms with Gasteiger partial charge in [-0.15, -0.1) is 11.3 Å². The molecule has 120 valence electrons. The van der Waals surface area contributed by atoms with Crippen LogP contribution in [-0.2, 0) is 13.0 Å². The van der Waals surface area contributed by atoms with Crippen molar-refractivity contribution < 1.29 is 0 Å². The Balaban J connectivity index is 1.63. The standard InChI is InChI=1S/C16H18N4OS2/c1-2-14-18-20-15(21)9-11(17-16(20)23-14)10-19-7-3-5-12(19)13-6-4-8-22-13/h4,6,8-9,12H,2-3,5,7,10H2,1H3. The van der Waals surface area contributed by atoms with Gasteiger partial charge >= 0.3 is 0 Å². The van der Waals surface area contributed by atoms with Gasteiger partial charge in [0.05, 0.1) is 5.69 Å². The second kappa shape index (κ2) is 6.14. The summed E-state index contributed by atoms with van der Waals surface area (Å²) >= 11 is 3.32. The van der Waals surface area contributed by atoms with Gasteiger partial charge in [-0.2, -0.15) is 9.61 Å². The predicted molar refractivity (Wildman–Crippen MR) is 93.2 cm³/mol. The third-order valence-corrected chi connectivity index (χ3v) is 6.27. The fraction of sp³-hybridized carbons (Fsp3) is 0.438. The Labute approximate surface area is 142 Å². The van der Waals surface area contributed by atoms with Crippen LogP contribution < -0.4 is 5.56 Å². The van der Waals surface area contributed by atoms with Gasteiger partial charge in [0.25, 0.3) is 5.56 Å². The van der Waals surface area contributed by atoms with E-state index in [-0.39, 0.29) is 5.56 Å². The van der Waals surface area contributed by atoms with Crippen molar-refractivity contribution >= 4 is 27.6 Å². The van der Waals surface area contributed by atoms with E-state index in [0.29, 0.717) is 11.0 Å². The van der Waals surface area contributed by atoms with Crippen molar-refractivity contribution in [3.8, 4) is 0 Å². The minimum atomic E-state index is -0.0761. The van der Waals surface area contributed by atoms with Gasteiger partial charge in [-0.3, -0.25) is 9.69 Å². The van der Waals surface area contributed by atoms with Gasteiger partial charge in [0.1, 0.15) is 5.01 Å². The lowest BCUT2D eigenvalue weighted by Gasteiger charge is -2.22. The molecule has 4 heterocycles. The highest BCUT2D eigenvalue weighted by Crippen LogP contribution is 2.35. The van der Waals surface area contributed by atoms with E-state index in [9.17, 15) is 4.79 Å². The van der Waals surface area contributed by atoms with Crippen molar-refractivity contribution in [1.82, 2.24) is 19.5 Å². The van der Waals surface area contributed by atoms with Crippen molar-refractivity contribution in [3.05, 3.63) is 49.5 Å². The lowest BCUT2D eigenvalue weighted by molar-refractivity contribution is 0.248. The first-order valence-electron chi connectivity index (χ1n) is 7.90. The van der Waals surface area contributed by atoms with E-state index in [1.165, 1.54) is 33.6 Å². The summed E-state index contributed by atoms with van der Waals surface area (Å²) in [4.78, 5) is 21.5. The minimum absolute atomic E-state index is 0.0761. The summed E-state index contributed by atoms with van der Waals surface area (Å²) in [7, 11) is 0. The smallest absolute Gasteiger partial charge is 0.275 e. The summed E-state index contributed by atoms with van der Waals surface area (Å²) in [6.07, 6.45) is 3.21. The molecule has 1 atom stereocenters. The number of nitrogens with zero attached hydrogens (tertiary/aromatic N) is 4. The summed E-state index contributed by atoms with van der Waals surface area (Å²) < 4.78 is 1.42. The molecule has 0 bridgehead atoms. The van der Waals surface area contributed by atoms with Crippen molar-refractivity contribution in [2.75, 3.05) is 6.54 Å². The second-order valence-corrected chi connectivity index (χ2v) is 7.79. The first-order chi connectivity index (χ1) is 11.2. The summed E-state index contributed by atoms with van der Waals surface area (Å²) in [5, 5.41) is 7.39. The Morgan fingerprint density at radius 3 is 3.13 bits per heavy atom. The first-order valence-corrected chi connectivity index (χ1v) is 9.60. The van der Waals surface area contributed by atoms with Gasteiger partial charge in [0.2, 0.25) is 4.96 Å². The molecular formula is C16H18N4OS2. The minimum Gasteiger partial charge on any atom is -0.290 e. The molecule has 0 radical (unpaired) electrons. The molecule has 5 nitrogen and oxygen atoms in total. The van der Waals surface area contributed by atoms with Gasteiger partial charge in [-0.05, 0) is 37.3 Å². The predicted octanol–water partition coefficient (Wildman–Crippen LogP) is 3.11. The molecule has 0 aromatic carbocycles. The molecule has 0 amide bonds. The molecule has 1 fully saturated rings. The summed E-state index contributed by atoms with van der Waals surface area (Å²) in [5.74, 6) is 0. The second-order valence-electron chi connectivity index (χ2n) is 5.77. The number of likely N-dealkylation sites (tertiary alicyclic amines) is 1. The Kier molecular flexibility index (Phi) is 4.00. The van der Waals surface area contributed by atoms with E-state index >= 15 is 0 Å². The van der Waals surface area contributed by atoms with Crippen LogP contribution in [0.2, 0.25) is 0 Å². The lowest BCUT2D eigenvalue weighted by atomic mass is 10.2. The van der Waals surface area contributed by atoms with Crippen LogP contribution in [0, 0.1) is 0 Å². The van der Waals surface area contributed by atoms with Crippen molar-refractivity contribution in [2.45, 2.75) is 38.8 Å².